The van der Waals surface area contributed by atoms with Crippen molar-refractivity contribution in [3.05, 3.63) is 94.5 Å². The average Bonchev–Trinajstić information content (AvgIpc) is 2.93. The zero-order chi connectivity index (χ0) is 30.4. The van der Waals surface area contributed by atoms with Crippen molar-refractivity contribution in [2.45, 2.75) is 50.9 Å². The number of aryl methyl sites for hydroxylation is 1. The predicted molar refractivity (Wildman–Crippen MR) is 152 cm³/mol. The first kappa shape index (κ1) is 32.0. The van der Waals surface area contributed by atoms with E-state index in [0.717, 1.165) is 17.7 Å². The Morgan fingerprint density at radius 2 is 1.68 bits per heavy atom. The van der Waals surface area contributed by atoms with E-state index in [0.29, 0.717) is 28.9 Å². The van der Waals surface area contributed by atoms with Gasteiger partial charge in [0.15, 0.2) is 0 Å². The minimum Gasteiger partial charge on any atom is -0.354 e. The van der Waals surface area contributed by atoms with Gasteiger partial charge < -0.3 is 10.2 Å². The highest BCUT2D eigenvalue weighted by Gasteiger charge is 2.36. The molecule has 2 amide bonds. The molecule has 0 unspecified atom stereocenters. The predicted octanol–water partition coefficient (Wildman–Crippen LogP) is 5.81. The number of halogens is 4. The fraction of sp³-hybridized carbons (Fsp3) is 0.310. The summed E-state index contributed by atoms with van der Waals surface area (Å²) in [4.78, 5) is 27.7. The number of hydrogen-bond donors (Lipinski definition) is 1. The first-order valence-electron chi connectivity index (χ1n) is 12.8. The molecular formula is C29H31ClF3N3O4S. The van der Waals surface area contributed by atoms with Crippen molar-refractivity contribution in [3.63, 3.8) is 0 Å². The maximum absolute atomic E-state index is 13.9. The highest BCUT2D eigenvalue weighted by atomic mass is 35.5. The van der Waals surface area contributed by atoms with Gasteiger partial charge in [-0.3, -0.25) is 13.9 Å². The van der Waals surface area contributed by atoms with Crippen LogP contribution in [0.2, 0.25) is 5.02 Å². The van der Waals surface area contributed by atoms with Crippen LogP contribution in [0.5, 0.6) is 0 Å². The second-order valence-corrected chi connectivity index (χ2v) is 11.7. The van der Waals surface area contributed by atoms with Crippen LogP contribution in [0.3, 0.4) is 0 Å². The summed E-state index contributed by atoms with van der Waals surface area (Å²) in [6.45, 7) is 4.64. The van der Waals surface area contributed by atoms with Gasteiger partial charge in [-0.25, -0.2) is 8.42 Å². The topological polar surface area (TPSA) is 86.8 Å². The Morgan fingerprint density at radius 3 is 2.29 bits per heavy atom. The lowest BCUT2D eigenvalue weighted by atomic mass is 10.1. The number of carbonyl (C=O) groups excluding carboxylic acids is 2. The van der Waals surface area contributed by atoms with E-state index in [1.165, 1.54) is 36.1 Å². The van der Waals surface area contributed by atoms with E-state index < -0.39 is 51.9 Å². The third kappa shape index (κ3) is 8.01. The molecule has 0 aliphatic heterocycles. The molecule has 41 heavy (non-hydrogen) atoms. The van der Waals surface area contributed by atoms with Gasteiger partial charge in [0.25, 0.3) is 10.0 Å². The van der Waals surface area contributed by atoms with Crippen LogP contribution >= 0.6 is 11.6 Å². The summed E-state index contributed by atoms with van der Waals surface area (Å²) in [5.41, 5.74) is -0.0658. The molecule has 0 heterocycles. The Labute approximate surface area is 243 Å². The average molecular weight is 610 g/mol. The zero-order valence-corrected chi connectivity index (χ0v) is 24.4. The number of hydrogen-bond acceptors (Lipinski definition) is 4. The molecule has 0 radical (unpaired) electrons. The van der Waals surface area contributed by atoms with Crippen molar-refractivity contribution in [1.82, 2.24) is 10.2 Å². The summed E-state index contributed by atoms with van der Waals surface area (Å²) in [7, 11) is -4.57. The van der Waals surface area contributed by atoms with Gasteiger partial charge in [-0.1, -0.05) is 66.6 Å². The second-order valence-electron chi connectivity index (χ2n) is 9.47. The number of sulfonamides is 1. The van der Waals surface area contributed by atoms with Crippen LogP contribution in [0, 0.1) is 6.92 Å². The van der Waals surface area contributed by atoms with Crippen LogP contribution < -0.4 is 9.62 Å². The van der Waals surface area contributed by atoms with Gasteiger partial charge >= 0.3 is 6.18 Å². The standard InChI is InChI=1S/C29H31ClF3N3O4S/c1-4-15-34-28(38)21(3)35(18-22-10-8-9-20(2)16-22)27(37)19-36(41(39,40)24-11-6-5-7-12-24)26-17-23(29(31,32)33)13-14-25(26)30/h5-14,16-17,21H,4,15,18-19H2,1-3H3,(H,34,38)/t21-/m1/s1. The lowest BCUT2D eigenvalue weighted by Gasteiger charge is -2.32. The third-order valence-corrected chi connectivity index (χ3v) is 8.40. The highest BCUT2D eigenvalue weighted by Crippen LogP contribution is 2.37. The summed E-state index contributed by atoms with van der Waals surface area (Å²) < 4.78 is 69.0. The molecule has 0 saturated heterocycles. The fourth-order valence-corrected chi connectivity index (χ4v) is 5.81. The van der Waals surface area contributed by atoms with Crippen molar-refractivity contribution in [1.29, 1.82) is 0 Å². The van der Waals surface area contributed by atoms with Gasteiger partial charge in [0, 0.05) is 13.1 Å². The van der Waals surface area contributed by atoms with Crippen molar-refractivity contribution >= 4 is 39.1 Å². The Bertz CT molecular complexity index is 1480. The number of alkyl halides is 3. The molecule has 0 bridgehead atoms. The Kier molecular flexibility index (Phi) is 10.4. The summed E-state index contributed by atoms with van der Waals surface area (Å²) in [6, 6.07) is 15.5. The minimum atomic E-state index is -4.80. The van der Waals surface area contributed by atoms with Gasteiger partial charge in [-0.15, -0.1) is 0 Å². The summed E-state index contributed by atoms with van der Waals surface area (Å²) >= 11 is 6.25. The minimum absolute atomic E-state index is 0.0449. The largest absolute Gasteiger partial charge is 0.416 e. The van der Waals surface area contributed by atoms with Crippen LogP contribution in [-0.2, 0) is 32.3 Å². The third-order valence-electron chi connectivity index (χ3n) is 6.30. The molecular weight excluding hydrogens is 579 g/mol. The van der Waals surface area contributed by atoms with E-state index in [1.54, 1.807) is 18.2 Å². The molecule has 3 aromatic rings. The van der Waals surface area contributed by atoms with Gasteiger partial charge in [0.2, 0.25) is 11.8 Å². The number of rotatable bonds is 11. The van der Waals surface area contributed by atoms with Crippen molar-refractivity contribution in [3.8, 4) is 0 Å². The van der Waals surface area contributed by atoms with E-state index in [-0.39, 0.29) is 16.5 Å². The molecule has 1 N–H and O–H groups in total. The maximum Gasteiger partial charge on any atom is 0.416 e. The van der Waals surface area contributed by atoms with E-state index in [2.05, 4.69) is 5.32 Å². The van der Waals surface area contributed by atoms with Crippen LogP contribution in [0.4, 0.5) is 18.9 Å². The van der Waals surface area contributed by atoms with Gasteiger partial charge in [-0.05, 0) is 56.2 Å². The lowest BCUT2D eigenvalue weighted by Crippen LogP contribution is -2.51. The quantitative estimate of drug-likeness (QED) is 0.297. The van der Waals surface area contributed by atoms with Crippen molar-refractivity contribution in [2.75, 3.05) is 17.4 Å². The molecule has 0 aliphatic carbocycles. The molecule has 0 aromatic heterocycles. The van der Waals surface area contributed by atoms with Gasteiger partial charge in [0.1, 0.15) is 12.6 Å². The smallest absolute Gasteiger partial charge is 0.354 e. The molecule has 12 heteroatoms. The van der Waals surface area contributed by atoms with Crippen LogP contribution in [0.15, 0.2) is 77.7 Å². The number of nitrogens with zero attached hydrogens (tertiary/aromatic N) is 2. The second kappa shape index (κ2) is 13.4. The van der Waals surface area contributed by atoms with E-state index in [4.69, 9.17) is 11.6 Å². The van der Waals surface area contributed by atoms with Gasteiger partial charge in [-0.2, -0.15) is 13.2 Å². The molecule has 7 nitrogen and oxygen atoms in total. The number of nitrogens with one attached hydrogen (secondary N) is 1. The molecule has 3 aromatic carbocycles. The monoisotopic (exact) mass is 609 g/mol. The first-order chi connectivity index (χ1) is 19.3. The van der Waals surface area contributed by atoms with Crippen LogP contribution in [0.25, 0.3) is 0 Å². The summed E-state index contributed by atoms with van der Waals surface area (Å²) in [5.74, 6) is -1.26. The van der Waals surface area contributed by atoms with E-state index >= 15 is 0 Å². The van der Waals surface area contributed by atoms with Crippen molar-refractivity contribution in [2.24, 2.45) is 0 Å². The zero-order valence-electron chi connectivity index (χ0n) is 22.8. The highest BCUT2D eigenvalue weighted by molar-refractivity contribution is 7.92. The summed E-state index contributed by atoms with van der Waals surface area (Å²) in [5, 5.41) is 2.43. The van der Waals surface area contributed by atoms with Crippen LogP contribution in [0.1, 0.15) is 37.0 Å². The Balaban J connectivity index is 2.12. The molecule has 220 valence electrons. The Morgan fingerprint density at radius 1 is 1.00 bits per heavy atom. The van der Waals surface area contributed by atoms with E-state index in [9.17, 15) is 31.2 Å². The molecule has 1 atom stereocenters. The molecule has 0 saturated carbocycles. The number of carbonyl (C=O) groups is 2. The SMILES string of the molecule is CCCNC(=O)[C@@H](C)N(Cc1cccc(C)c1)C(=O)CN(c1cc(C(F)(F)F)ccc1Cl)S(=O)(=O)c1ccccc1. The number of benzene rings is 3. The fourth-order valence-electron chi connectivity index (χ4n) is 4.10. The maximum atomic E-state index is 13.9. The van der Waals surface area contributed by atoms with Crippen LogP contribution in [-0.4, -0.2) is 44.3 Å². The number of amides is 2. The van der Waals surface area contributed by atoms with Crippen molar-refractivity contribution < 1.29 is 31.2 Å². The Hall–Kier alpha value is -3.57. The molecule has 3 rings (SSSR count). The van der Waals surface area contributed by atoms with Gasteiger partial charge in [0.05, 0.1) is 21.2 Å². The first-order valence-corrected chi connectivity index (χ1v) is 14.6. The lowest BCUT2D eigenvalue weighted by molar-refractivity contribution is -0.139. The molecule has 0 fully saturated rings. The normalized spacial score (nSPS) is 12.5. The van der Waals surface area contributed by atoms with E-state index in [1.807, 2.05) is 26.0 Å². The number of anilines is 1. The molecule has 0 spiro atoms. The molecule has 0 aliphatic rings. The summed E-state index contributed by atoms with van der Waals surface area (Å²) in [6.07, 6.45) is -4.14.